The van der Waals surface area contributed by atoms with Crippen LogP contribution in [-0.2, 0) is 0 Å². The Morgan fingerprint density at radius 3 is 2.65 bits per heavy atom. The van der Waals surface area contributed by atoms with Crippen LogP contribution in [0.2, 0.25) is 0 Å². The van der Waals surface area contributed by atoms with Crippen LogP contribution in [-0.4, -0.2) is 5.78 Å². The lowest BCUT2D eigenvalue weighted by molar-refractivity contribution is 0.103. The summed E-state index contributed by atoms with van der Waals surface area (Å²) in [5.74, 6) is -0.690. The molecule has 0 atom stereocenters. The summed E-state index contributed by atoms with van der Waals surface area (Å²) in [6, 6.07) is 6.61. The molecule has 0 aliphatic heterocycles. The van der Waals surface area contributed by atoms with E-state index in [4.69, 9.17) is 0 Å². The molecule has 17 heavy (non-hydrogen) atoms. The summed E-state index contributed by atoms with van der Waals surface area (Å²) in [5.41, 5.74) is 0.627. The molecule has 0 bridgehead atoms. The molecule has 2 aromatic rings. The van der Waals surface area contributed by atoms with Gasteiger partial charge in [0.15, 0.2) is 0 Å². The molecule has 0 saturated carbocycles. The Hall–Kier alpha value is -1.000. The Bertz CT molecular complexity index is 570. The summed E-state index contributed by atoms with van der Waals surface area (Å²) in [5, 5.41) is 0. The Morgan fingerprint density at radius 2 is 2.06 bits per heavy atom. The van der Waals surface area contributed by atoms with Crippen molar-refractivity contribution in [1.82, 2.24) is 0 Å². The minimum atomic E-state index is -0.431. The van der Waals surface area contributed by atoms with Crippen LogP contribution < -0.4 is 0 Å². The van der Waals surface area contributed by atoms with Gasteiger partial charge in [0.25, 0.3) is 0 Å². The molecule has 0 saturated heterocycles. The van der Waals surface area contributed by atoms with E-state index >= 15 is 0 Å². The number of carbonyl (C=O) groups excluding carboxylic acids is 1. The van der Waals surface area contributed by atoms with E-state index in [-0.39, 0.29) is 11.3 Å². The molecule has 0 radical (unpaired) electrons. The highest BCUT2D eigenvalue weighted by molar-refractivity contribution is 9.10. The minimum Gasteiger partial charge on any atom is -0.288 e. The van der Waals surface area contributed by atoms with Crippen molar-refractivity contribution in [2.45, 2.75) is 13.8 Å². The third-order valence-electron chi connectivity index (χ3n) is 2.52. The molecule has 1 aromatic heterocycles. The average molecular weight is 313 g/mol. The fraction of sp³-hybridized carbons (Fsp3) is 0.154. The van der Waals surface area contributed by atoms with Gasteiger partial charge in [0.2, 0.25) is 5.78 Å². The topological polar surface area (TPSA) is 17.1 Å². The Morgan fingerprint density at radius 1 is 1.35 bits per heavy atom. The summed E-state index contributed by atoms with van der Waals surface area (Å²) in [6.07, 6.45) is 0. The number of carbonyl (C=O) groups is 1. The van der Waals surface area contributed by atoms with Crippen LogP contribution in [0.5, 0.6) is 0 Å². The van der Waals surface area contributed by atoms with Crippen LogP contribution in [0.3, 0.4) is 0 Å². The van der Waals surface area contributed by atoms with E-state index in [0.29, 0.717) is 10.4 Å². The molecule has 88 valence electrons. The van der Waals surface area contributed by atoms with Gasteiger partial charge in [0.1, 0.15) is 5.82 Å². The zero-order valence-corrected chi connectivity index (χ0v) is 11.8. The predicted octanol–water partition coefficient (Wildman–Crippen LogP) is 4.50. The smallest absolute Gasteiger partial charge is 0.205 e. The van der Waals surface area contributed by atoms with E-state index in [0.717, 1.165) is 9.35 Å². The lowest BCUT2D eigenvalue weighted by Crippen LogP contribution is -2.03. The van der Waals surface area contributed by atoms with Crippen molar-refractivity contribution in [3.63, 3.8) is 0 Å². The molecule has 0 aliphatic carbocycles. The van der Waals surface area contributed by atoms with Gasteiger partial charge in [-0.2, -0.15) is 0 Å². The molecule has 2 rings (SSSR count). The van der Waals surface area contributed by atoms with E-state index in [2.05, 4.69) is 15.9 Å². The van der Waals surface area contributed by atoms with Crippen molar-refractivity contribution in [1.29, 1.82) is 0 Å². The maximum absolute atomic E-state index is 13.8. The van der Waals surface area contributed by atoms with Crippen molar-refractivity contribution in [2.24, 2.45) is 0 Å². The number of thiophene rings is 1. The number of benzene rings is 1. The first-order chi connectivity index (χ1) is 8.00. The van der Waals surface area contributed by atoms with Gasteiger partial charge in [0, 0.05) is 9.35 Å². The second kappa shape index (κ2) is 4.70. The van der Waals surface area contributed by atoms with E-state index in [9.17, 15) is 9.18 Å². The maximum atomic E-state index is 13.8. The van der Waals surface area contributed by atoms with Gasteiger partial charge < -0.3 is 0 Å². The largest absolute Gasteiger partial charge is 0.288 e. The molecule has 0 unspecified atom stereocenters. The second-order valence-electron chi connectivity index (χ2n) is 3.78. The zero-order valence-electron chi connectivity index (χ0n) is 9.38. The van der Waals surface area contributed by atoms with Crippen LogP contribution in [0, 0.1) is 19.7 Å². The summed E-state index contributed by atoms with van der Waals surface area (Å²) >= 11 is 4.72. The first-order valence-corrected chi connectivity index (χ1v) is 6.67. The zero-order chi connectivity index (χ0) is 12.6. The van der Waals surface area contributed by atoms with E-state index in [1.807, 2.05) is 6.92 Å². The van der Waals surface area contributed by atoms with E-state index in [1.165, 1.54) is 17.4 Å². The lowest BCUT2D eigenvalue weighted by Gasteiger charge is -2.02. The van der Waals surface area contributed by atoms with Crippen molar-refractivity contribution in [3.05, 3.63) is 55.4 Å². The first kappa shape index (κ1) is 12.5. The van der Waals surface area contributed by atoms with Crippen molar-refractivity contribution >= 4 is 33.0 Å². The van der Waals surface area contributed by atoms with Gasteiger partial charge in [0.05, 0.1) is 10.4 Å². The van der Waals surface area contributed by atoms with Crippen LogP contribution >= 0.6 is 27.3 Å². The number of halogens is 2. The summed E-state index contributed by atoms with van der Waals surface area (Å²) < 4.78 is 14.7. The van der Waals surface area contributed by atoms with Crippen molar-refractivity contribution in [2.75, 3.05) is 0 Å². The molecule has 1 heterocycles. The van der Waals surface area contributed by atoms with Gasteiger partial charge >= 0.3 is 0 Å². The van der Waals surface area contributed by atoms with Crippen molar-refractivity contribution in [3.8, 4) is 0 Å². The number of hydrogen-bond donors (Lipinski definition) is 0. The molecule has 0 spiro atoms. The van der Waals surface area contributed by atoms with Crippen LogP contribution in [0.1, 0.15) is 25.7 Å². The number of aryl methyl sites for hydroxylation is 2. The van der Waals surface area contributed by atoms with Gasteiger partial charge in [-0.1, -0.05) is 12.1 Å². The molecule has 0 N–H and O–H groups in total. The fourth-order valence-corrected chi connectivity index (χ4v) is 3.02. The molecule has 1 nitrogen and oxygen atoms in total. The lowest BCUT2D eigenvalue weighted by atomic mass is 10.1. The number of ketones is 1. The maximum Gasteiger partial charge on any atom is 0.205 e. The summed E-state index contributed by atoms with van der Waals surface area (Å²) in [6.45, 7) is 3.57. The van der Waals surface area contributed by atoms with Gasteiger partial charge in [-0.05, 0) is 47.5 Å². The molecule has 1 aromatic carbocycles. The molecule has 0 amide bonds. The molecule has 0 aliphatic rings. The summed E-state index contributed by atoms with van der Waals surface area (Å²) in [7, 11) is 0. The second-order valence-corrected chi connectivity index (χ2v) is 5.89. The predicted molar refractivity (Wildman–Crippen MR) is 71.3 cm³/mol. The molecular weight excluding hydrogens is 303 g/mol. The SMILES string of the molecule is Cc1cccc(C(=O)c2cc(Br)c(C)s2)c1F. The Labute approximate surface area is 111 Å². The highest BCUT2D eigenvalue weighted by Crippen LogP contribution is 2.28. The van der Waals surface area contributed by atoms with Crippen LogP contribution in [0.4, 0.5) is 4.39 Å². The molecule has 4 heteroatoms. The third kappa shape index (κ3) is 2.33. The number of rotatable bonds is 2. The highest BCUT2D eigenvalue weighted by Gasteiger charge is 2.17. The van der Waals surface area contributed by atoms with E-state index < -0.39 is 5.82 Å². The monoisotopic (exact) mass is 312 g/mol. The van der Waals surface area contributed by atoms with E-state index in [1.54, 1.807) is 25.1 Å². The Kier molecular flexibility index (Phi) is 3.45. The quantitative estimate of drug-likeness (QED) is 0.746. The standard InChI is InChI=1S/C13H10BrFOS/c1-7-4-3-5-9(12(7)15)13(16)11-6-10(14)8(2)17-11/h3-6H,1-2H3. The highest BCUT2D eigenvalue weighted by atomic mass is 79.9. The number of hydrogen-bond acceptors (Lipinski definition) is 2. The van der Waals surface area contributed by atoms with Gasteiger partial charge in [-0.15, -0.1) is 11.3 Å². The van der Waals surface area contributed by atoms with Gasteiger partial charge in [-0.3, -0.25) is 4.79 Å². The Balaban J connectivity index is 2.47. The molecular formula is C13H10BrFOS. The fourth-order valence-electron chi connectivity index (χ4n) is 1.53. The van der Waals surface area contributed by atoms with Crippen LogP contribution in [0.25, 0.3) is 0 Å². The molecule has 0 fully saturated rings. The average Bonchev–Trinajstić information content (AvgIpc) is 2.62. The van der Waals surface area contributed by atoms with Crippen LogP contribution in [0.15, 0.2) is 28.7 Å². The normalized spacial score (nSPS) is 10.6. The minimum absolute atomic E-state index is 0.138. The first-order valence-electron chi connectivity index (χ1n) is 5.06. The summed E-state index contributed by atoms with van der Waals surface area (Å²) in [4.78, 5) is 13.7. The van der Waals surface area contributed by atoms with Crippen molar-refractivity contribution < 1.29 is 9.18 Å². The van der Waals surface area contributed by atoms with Gasteiger partial charge in [-0.25, -0.2) is 4.39 Å². The third-order valence-corrected chi connectivity index (χ3v) is 4.65.